The van der Waals surface area contributed by atoms with Gasteiger partial charge in [0.05, 0.1) is 11.3 Å². The highest BCUT2D eigenvalue weighted by molar-refractivity contribution is 7.92. The number of benzene rings is 1. The summed E-state index contributed by atoms with van der Waals surface area (Å²) in [4.78, 5) is 26.8. The normalized spacial score (nSPS) is 14.3. The number of carbonyl (C=O) groups excluding carboxylic acids is 2. The van der Waals surface area contributed by atoms with Crippen LogP contribution in [0.5, 0.6) is 0 Å². The number of alkyl halides is 3. The van der Waals surface area contributed by atoms with Crippen molar-refractivity contribution in [3.63, 3.8) is 0 Å². The second-order valence-corrected chi connectivity index (χ2v) is 10.4. The topological polar surface area (TPSA) is 109 Å². The van der Waals surface area contributed by atoms with Gasteiger partial charge in [0.1, 0.15) is 11.6 Å². The summed E-state index contributed by atoms with van der Waals surface area (Å²) >= 11 is 0. The minimum absolute atomic E-state index is 0.0818. The SMILES string of the molecule is CCc1ccccc1-c1nc(S(=O)(=O)Nc2cccc(N3CCC(C)CC3)n2)ccc1C(F)(F)F.O=C=O. The lowest BCUT2D eigenvalue weighted by molar-refractivity contribution is -0.191. The second kappa shape index (κ2) is 12.2. The Labute approximate surface area is 219 Å². The van der Waals surface area contributed by atoms with Crippen LogP contribution in [-0.4, -0.2) is 37.6 Å². The van der Waals surface area contributed by atoms with Gasteiger partial charge in [0, 0.05) is 18.7 Å². The average molecular weight is 549 g/mol. The van der Waals surface area contributed by atoms with Crippen molar-refractivity contribution in [2.45, 2.75) is 44.3 Å². The lowest BCUT2D eigenvalue weighted by Gasteiger charge is -2.31. The molecule has 1 saturated heterocycles. The molecule has 1 aliphatic rings. The molecule has 1 aliphatic heterocycles. The summed E-state index contributed by atoms with van der Waals surface area (Å²) in [5.41, 5.74) is -0.518. The van der Waals surface area contributed by atoms with Crippen LogP contribution in [0, 0.1) is 5.92 Å². The number of anilines is 2. The summed E-state index contributed by atoms with van der Waals surface area (Å²) in [5.74, 6) is 1.36. The molecule has 1 N–H and O–H groups in total. The zero-order valence-electron chi connectivity index (χ0n) is 20.8. The van der Waals surface area contributed by atoms with Crippen molar-refractivity contribution in [1.29, 1.82) is 0 Å². The smallest absolute Gasteiger partial charge is 0.357 e. The Bertz CT molecular complexity index is 1400. The molecular formula is C26H27F3N4O4S. The highest BCUT2D eigenvalue weighted by atomic mass is 32.2. The zero-order chi connectivity index (χ0) is 27.9. The van der Waals surface area contributed by atoms with Gasteiger partial charge in [-0.3, -0.25) is 4.72 Å². The summed E-state index contributed by atoms with van der Waals surface area (Å²) < 4.78 is 69.9. The lowest BCUT2D eigenvalue weighted by atomic mass is 9.98. The third-order valence-corrected chi connectivity index (χ3v) is 7.44. The number of aromatic nitrogens is 2. The van der Waals surface area contributed by atoms with Gasteiger partial charge in [-0.2, -0.15) is 31.2 Å². The number of nitrogens with one attached hydrogen (secondary N) is 1. The minimum Gasteiger partial charge on any atom is -0.357 e. The van der Waals surface area contributed by atoms with E-state index in [1.807, 2.05) is 13.0 Å². The standard InChI is InChI=1S/C25H27F3N4O2S.CO2/c1-3-18-7-4-5-8-19(18)24-20(25(26,27)28)11-12-23(30-24)35(33,34)31-21-9-6-10-22(29-21)32-15-13-17(2)14-16-32;2-1-3/h4-12,17H,3,13-16H2,1-2H3,(H,29,31);. The molecule has 3 heterocycles. The van der Waals surface area contributed by atoms with E-state index < -0.39 is 32.5 Å². The Morgan fingerprint density at radius 2 is 1.66 bits per heavy atom. The maximum absolute atomic E-state index is 13.8. The second-order valence-electron chi connectivity index (χ2n) is 8.79. The fraction of sp³-hybridized carbons (Fsp3) is 0.346. The van der Waals surface area contributed by atoms with E-state index in [0.717, 1.165) is 38.1 Å². The molecule has 0 spiro atoms. The first-order valence-electron chi connectivity index (χ1n) is 11.9. The van der Waals surface area contributed by atoms with E-state index in [9.17, 15) is 21.6 Å². The van der Waals surface area contributed by atoms with Crippen LogP contribution in [0.1, 0.15) is 37.8 Å². The van der Waals surface area contributed by atoms with Gasteiger partial charge in [-0.1, -0.05) is 44.2 Å². The van der Waals surface area contributed by atoms with E-state index in [1.165, 1.54) is 12.1 Å². The van der Waals surface area contributed by atoms with E-state index in [2.05, 4.69) is 26.5 Å². The fourth-order valence-electron chi connectivity index (χ4n) is 4.17. The minimum atomic E-state index is -4.69. The van der Waals surface area contributed by atoms with E-state index in [0.29, 0.717) is 23.7 Å². The van der Waals surface area contributed by atoms with Crippen molar-refractivity contribution in [2.24, 2.45) is 5.92 Å². The van der Waals surface area contributed by atoms with Gasteiger partial charge < -0.3 is 4.90 Å². The molecule has 0 unspecified atom stereocenters. The van der Waals surface area contributed by atoms with Crippen molar-refractivity contribution in [2.75, 3.05) is 22.7 Å². The van der Waals surface area contributed by atoms with Gasteiger partial charge in [0.25, 0.3) is 10.0 Å². The number of rotatable bonds is 6. The van der Waals surface area contributed by atoms with Crippen molar-refractivity contribution < 1.29 is 31.2 Å². The van der Waals surface area contributed by atoms with Crippen LogP contribution in [0.3, 0.4) is 0 Å². The highest BCUT2D eigenvalue weighted by Gasteiger charge is 2.36. The number of piperidine rings is 1. The summed E-state index contributed by atoms with van der Waals surface area (Å²) in [6.07, 6.45) is -1.93. The molecule has 0 aliphatic carbocycles. The van der Waals surface area contributed by atoms with E-state index in [-0.39, 0.29) is 17.5 Å². The van der Waals surface area contributed by atoms with E-state index in [4.69, 9.17) is 9.59 Å². The zero-order valence-corrected chi connectivity index (χ0v) is 21.6. The Morgan fingerprint density at radius 3 is 2.29 bits per heavy atom. The molecule has 2 aromatic heterocycles. The molecule has 4 rings (SSSR count). The molecule has 12 heteroatoms. The molecule has 0 saturated carbocycles. The van der Waals surface area contributed by atoms with Gasteiger partial charge >= 0.3 is 12.3 Å². The van der Waals surface area contributed by atoms with Crippen molar-refractivity contribution in [1.82, 2.24) is 9.97 Å². The number of hydrogen-bond acceptors (Lipinski definition) is 7. The quantitative estimate of drug-likeness (QED) is 0.452. The number of sulfonamides is 1. The molecule has 3 aromatic rings. The average Bonchev–Trinajstić information content (AvgIpc) is 2.88. The molecule has 0 amide bonds. The van der Waals surface area contributed by atoms with Crippen LogP contribution in [0.15, 0.2) is 59.6 Å². The molecule has 1 aromatic carbocycles. The number of pyridine rings is 2. The van der Waals surface area contributed by atoms with E-state index in [1.54, 1.807) is 24.3 Å². The Balaban J connectivity index is 0.00000127. The molecule has 0 bridgehead atoms. The van der Waals surface area contributed by atoms with Gasteiger partial charge in [-0.25, -0.2) is 9.97 Å². The van der Waals surface area contributed by atoms with Crippen LogP contribution in [0.25, 0.3) is 11.3 Å². The monoisotopic (exact) mass is 548 g/mol. The number of halogens is 3. The predicted octanol–water partition coefficient (Wildman–Crippen LogP) is 5.18. The van der Waals surface area contributed by atoms with Gasteiger partial charge in [-0.15, -0.1) is 0 Å². The largest absolute Gasteiger partial charge is 0.418 e. The number of nitrogens with zero attached hydrogens (tertiary/aromatic N) is 3. The lowest BCUT2D eigenvalue weighted by Crippen LogP contribution is -2.33. The molecule has 8 nitrogen and oxygen atoms in total. The van der Waals surface area contributed by atoms with Crippen LogP contribution >= 0.6 is 0 Å². The summed E-state index contributed by atoms with van der Waals surface area (Å²) in [6.45, 7) is 5.66. The molecule has 1 fully saturated rings. The first kappa shape index (κ1) is 28.8. The molecule has 202 valence electrons. The summed E-state index contributed by atoms with van der Waals surface area (Å²) in [6, 6.07) is 13.2. The van der Waals surface area contributed by atoms with Crippen LogP contribution in [0.4, 0.5) is 24.8 Å². The first-order valence-corrected chi connectivity index (χ1v) is 13.4. The Kier molecular flexibility index (Phi) is 9.24. The summed E-state index contributed by atoms with van der Waals surface area (Å²) in [7, 11) is -4.29. The number of aryl methyl sites for hydroxylation is 1. The number of hydrogen-bond donors (Lipinski definition) is 1. The van der Waals surface area contributed by atoms with Gasteiger partial charge in [0.2, 0.25) is 0 Å². The Morgan fingerprint density at radius 1 is 1.00 bits per heavy atom. The third kappa shape index (κ3) is 6.96. The predicted molar refractivity (Wildman–Crippen MR) is 135 cm³/mol. The van der Waals surface area contributed by atoms with Crippen molar-refractivity contribution >= 4 is 27.8 Å². The fourth-order valence-corrected chi connectivity index (χ4v) is 5.12. The summed E-state index contributed by atoms with van der Waals surface area (Å²) in [5, 5.41) is -0.509. The highest BCUT2D eigenvalue weighted by Crippen LogP contribution is 2.38. The Hall–Kier alpha value is -3.76. The van der Waals surface area contributed by atoms with E-state index >= 15 is 0 Å². The molecule has 0 atom stereocenters. The van der Waals surface area contributed by atoms with Crippen LogP contribution in [0.2, 0.25) is 0 Å². The molecule has 0 radical (unpaired) electrons. The van der Waals surface area contributed by atoms with Crippen molar-refractivity contribution in [3.8, 4) is 11.3 Å². The first-order chi connectivity index (χ1) is 18.0. The molecule has 38 heavy (non-hydrogen) atoms. The van der Waals surface area contributed by atoms with Crippen molar-refractivity contribution in [3.05, 3.63) is 65.7 Å². The van der Waals surface area contributed by atoms with Crippen LogP contribution < -0.4 is 9.62 Å². The third-order valence-electron chi connectivity index (χ3n) is 6.18. The van der Waals surface area contributed by atoms with Crippen LogP contribution in [-0.2, 0) is 32.2 Å². The van der Waals surface area contributed by atoms with Gasteiger partial charge in [-0.05, 0) is 55.0 Å². The maximum atomic E-state index is 13.8. The molecular weight excluding hydrogens is 521 g/mol. The van der Waals surface area contributed by atoms with Gasteiger partial charge in [0.15, 0.2) is 5.03 Å². The maximum Gasteiger partial charge on any atom is 0.418 e.